The molecule has 9 rings (SSSR count). The van der Waals surface area contributed by atoms with Crippen LogP contribution in [0.25, 0.3) is 0 Å². The summed E-state index contributed by atoms with van der Waals surface area (Å²) in [4.78, 5) is 36.3. The number of aryl methyl sites for hydroxylation is 3. The number of carbonyl (C=O) groups excluding carboxylic acids is 2. The lowest BCUT2D eigenvalue weighted by molar-refractivity contribution is -0.396. The molecule has 41 nitrogen and oxygen atoms in total. The minimum absolute atomic E-state index is 0.0495. The van der Waals surface area contributed by atoms with Crippen molar-refractivity contribution >= 4 is 170 Å². The number of nitriles is 2. The second-order valence-electron chi connectivity index (χ2n) is 31.2. The number of carbonyl (C=O) groups is 2. The number of halogens is 10. The maximum atomic E-state index is 13.2. The zero-order valence-electron chi connectivity index (χ0n) is 78.1. The van der Waals surface area contributed by atoms with Gasteiger partial charge in [0.2, 0.25) is 0 Å². The summed E-state index contributed by atoms with van der Waals surface area (Å²) in [5.41, 5.74) is -0.765. The number of aldehydes is 2. The first-order chi connectivity index (χ1) is 65.9. The Morgan fingerprint density at radius 1 is 0.322 bits per heavy atom. The van der Waals surface area contributed by atoms with Gasteiger partial charge in [0.1, 0.15) is 121 Å². The van der Waals surface area contributed by atoms with Gasteiger partial charge >= 0.3 is 35.5 Å². The number of nitro groups is 2. The zero-order chi connectivity index (χ0) is 115. The van der Waals surface area contributed by atoms with Crippen LogP contribution in [0.1, 0.15) is 237 Å². The van der Waals surface area contributed by atoms with Crippen LogP contribution in [0, 0.1) is 75.3 Å². The molecule has 62 heteroatoms. The van der Waals surface area contributed by atoms with Gasteiger partial charge in [-0.25, -0.2) is 84.5 Å². The van der Waals surface area contributed by atoms with Crippen LogP contribution in [-0.2, 0) is 127 Å². The minimum Gasteiger partial charge on any atom is -0.744 e. The summed E-state index contributed by atoms with van der Waals surface area (Å²) in [6.07, 6.45) is -9.56. The van der Waals surface area contributed by atoms with Crippen LogP contribution in [0.2, 0.25) is 0 Å². The molecule has 9 aromatic rings. The number of hydrogen-bond donors (Lipinski definition) is 0. The molecule has 0 fully saturated rings. The molecule has 0 saturated carbocycles. The molecule has 0 radical (unpaired) electrons. The first kappa shape index (κ1) is 137. The number of nitro benzene ring substituents is 2. The average molecular weight is 2410 g/mol. The van der Waals surface area contributed by atoms with Gasteiger partial charge in [0, 0.05) is 37.8 Å². The fourth-order valence-electron chi connectivity index (χ4n) is 12.5. The van der Waals surface area contributed by atoms with Crippen LogP contribution >= 0.6 is 31.9 Å². The Morgan fingerprint density at radius 3 is 0.801 bits per heavy atom. The Morgan fingerprint density at radius 2 is 0.562 bits per heavy atom. The molecule has 9 aromatic carbocycles. The summed E-state index contributed by atoms with van der Waals surface area (Å²) >= 11 is 5.02. The van der Waals surface area contributed by atoms with E-state index in [9.17, 15) is 182 Å². The van der Waals surface area contributed by atoms with E-state index in [1.807, 2.05) is 60.6 Å². The van der Waals surface area contributed by atoms with Crippen molar-refractivity contribution in [3.05, 3.63) is 269 Å². The van der Waals surface area contributed by atoms with E-state index in [0.29, 0.717) is 62.8 Å². The van der Waals surface area contributed by atoms with Crippen LogP contribution in [0.5, 0.6) is 0 Å². The Labute approximate surface area is 858 Å². The van der Waals surface area contributed by atoms with Crippen molar-refractivity contribution < 1.29 is 188 Å². The Hall–Kier alpha value is -10.7. The van der Waals surface area contributed by atoms with Gasteiger partial charge < -0.3 is 41.0 Å². The monoisotopic (exact) mass is 2400 g/mol. The third-order valence-corrected chi connectivity index (χ3v) is 26.9. The first-order valence-electron chi connectivity index (χ1n) is 39.5. The SMILES string of the molecule is CC(C)c1c(Br)cc(S(=O)(=O)[O-])cc1Br.CC(C)c1c(C#N)cc(S(=O)(=O)[O-])cc1C#N.CC(C)c1c(C(F)(F)F)cc(S(=O)(=O)[O-])cc1C(F)(F)F.CC(C)c1c(C=O)cc(S(=O)(=O)[O-])cc1C=O.CC(C)c1c(F)cc(S(=O)(=O)[O-])cc1F.CC(C)c1c([N+](=O)[O-])cc(S(=O)(=O)[O-])cc1[N+](=O)[O-].Cc1cc(S(=O)(=O)[O-])cc(C)c1C(C)C.Cc1ccc(S(=O)(=O)[O-])cc1.O=S(=O)([O-])c1ccccc1.O=S=O.O=S=O. The Kier molecular flexibility index (Phi) is 53.8. The van der Waals surface area contributed by atoms with Gasteiger partial charge in [-0.3, -0.25) is 29.8 Å². The van der Waals surface area contributed by atoms with Crippen LogP contribution < -0.4 is 0 Å². The van der Waals surface area contributed by atoms with Crippen molar-refractivity contribution in [2.75, 3.05) is 0 Å². The smallest absolute Gasteiger partial charge is 0.416 e. The lowest BCUT2D eigenvalue weighted by Crippen LogP contribution is -2.19. The molecule has 146 heavy (non-hydrogen) atoms. The van der Waals surface area contributed by atoms with Crippen molar-refractivity contribution in [2.45, 2.75) is 216 Å². The van der Waals surface area contributed by atoms with Crippen LogP contribution in [0.3, 0.4) is 0 Å². The summed E-state index contributed by atoms with van der Waals surface area (Å²) in [6.45, 7) is 28.9. The summed E-state index contributed by atoms with van der Waals surface area (Å²) in [5, 5.41) is 39.6. The molecule has 0 aromatic heterocycles. The highest BCUT2D eigenvalue weighted by molar-refractivity contribution is 9.11. The van der Waals surface area contributed by atoms with E-state index < -0.39 is 218 Å². The normalized spacial score (nSPS) is 11.7. The average Bonchev–Trinajstić information content (AvgIpc) is 0.744. The van der Waals surface area contributed by atoms with E-state index in [4.69, 9.17) is 27.4 Å². The molecular weight excluding hydrogens is 2320 g/mol. The van der Waals surface area contributed by atoms with E-state index in [1.54, 1.807) is 59.7 Å². The molecule has 0 saturated heterocycles. The first-order valence-corrected chi connectivity index (χ1v) is 55.1. The predicted molar refractivity (Wildman–Crippen MR) is 499 cm³/mol. The Bertz CT molecular complexity index is 7120. The number of nitrogens with zero attached hydrogens (tertiary/aromatic N) is 4. The van der Waals surface area contributed by atoms with E-state index in [-0.39, 0.29) is 82.8 Å². The second kappa shape index (κ2) is 57.2. The van der Waals surface area contributed by atoms with Crippen molar-refractivity contribution in [3.8, 4) is 12.1 Å². The van der Waals surface area contributed by atoms with Gasteiger partial charge in [0.05, 0.1) is 88.3 Å². The predicted octanol–water partition coefficient (Wildman–Crippen LogP) is 15.8. The van der Waals surface area contributed by atoms with E-state index in [0.717, 1.165) is 65.9 Å². The second-order valence-corrected chi connectivity index (χ2v) is 45.6. The molecule has 0 aliphatic rings. The van der Waals surface area contributed by atoms with E-state index in [1.165, 1.54) is 74.5 Å². The fourth-order valence-corrected chi connectivity index (χ4v) is 19.7. The maximum Gasteiger partial charge on any atom is 0.416 e. The molecule has 806 valence electrons. The highest BCUT2D eigenvalue weighted by Crippen LogP contribution is 2.45. The molecule has 0 N–H and O–H groups in total. The number of alkyl halides is 6. The number of hydrogen-bond acceptors (Lipinski definition) is 39. The molecular formula is C84H83Br2F8N4O37S11-9. The van der Waals surface area contributed by atoms with Gasteiger partial charge in [0.25, 0.3) is 11.4 Å². The molecule has 0 heterocycles. The molecule has 0 bridgehead atoms. The van der Waals surface area contributed by atoms with Gasteiger partial charge in [-0.2, -0.15) is 53.7 Å². The zero-order valence-corrected chi connectivity index (χ0v) is 90.3. The van der Waals surface area contributed by atoms with Crippen molar-refractivity contribution in [1.82, 2.24) is 0 Å². The highest BCUT2D eigenvalue weighted by atomic mass is 79.9. The van der Waals surface area contributed by atoms with Gasteiger partial charge in [-0.15, -0.1) is 0 Å². The van der Waals surface area contributed by atoms with Crippen molar-refractivity contribution in [3.63, 3.8) is 0 Å². The lowest BCUT2D eigenvalue weighted by atomic mass is 9.91. The van der Waals surface area contributed by atoms with Crippen LogP contribution in [0.15, 0.2) is 193 Å². The molecule has 0 amide bonds. The molecule has 0 unspecified atom stereocenters. The third-order valence-electron chi connectivity index (χ3n) is 18.2. The standard InChI is InChI=1S/C11H10F6O3S.C11H10N2O3S.C11H12O5S.C11H16O3S.C9H10Br2O3S.C9H10F2O3S.C9H10N2O7S.C7H8O3S.C6H6O3S.2O2S/c1-5(2)9-7(10(12,13)14)3-6(21(18,19)20)4-8(9)11(15,16)17;2*1-7(2)11-8(5-12)3-10(17(14,15)16)4-9(11)6-13;1-7(2)11-8(3)5-10(6-9(11)4)15(12,13)14;2*1-5(2)9-7(10)3-6(4-8(9)11)15(12,13)14;1-5(2)9-7(10(12)13)3-6(19(16,17)18)4-8(9)11(14)15;1-6-2-4-7(5-3-6)11(8,9)10;7-10(8,9)6-4-2-1-3-5-6;2*1-3-2/h3-5H,1-2H3,(H,18,19,20);3-4,7H,1-2H3,(H,14,15,16);3-7H,1-2H3,(H,14,15,16);5-7H,1-4H3,(H,12,13,14);2*3-5H,1-2H3,(H,12,13,14);3-5H,1-2H3,(H,16,17,18);2-5H,1H3,(H,8,9,10);1-5H,(H,7,8,9);;/p-9. The van der Waals surface area contributed by atoms with Gasteiger partial charge in [-0.05, 0) is 198 Å². The number of rotatable bonds is 20. The molecule has 0 atom stereocenters. The number of benzene rings is 9. The van der Waals surface area contributed by atoms with Gasteiger partial charge in [-0.1, -0.05) is 165 Å². The largest absolute Gasteiger partial charge is 0.744 e. The summed E-state index contributed by atoms with van der Waals surface area (Å²) in [6, 6.07) is 28.2. The Balaban J connectivity index is 0. The summed E-state index contributed by atoms with van der Waals surface area (Å²) in [5.74, 6) is -3.88. The fraction of sp³-hybridized carbons (Fsp3) is 0.310. The summed E-state index contributed by atoms with van der Waals surface area (Å²) < 4.78 is 427. The lowest BCUT2D eigenvalue weighted by Gasteiger charge is -2.23. The van der Waals surface area contributed by atoms with E-state index >= 15 is 0 Å². The molecule has 0 spiro atoms. The molecule has 0 aliphatic heterocycles. The van der Waals surface area contributed by atoms with Crippen LogP contribution in [-0.4, -0.2) is 156 Å². The van der Waals surface area contributed by atoms with Crippen molar-refractivity contribution in [2.24, 2.45) is 0 Å². The minimum atomic E-state index is -5.46. The van der Waals surface area contributed by atoms with Crippen LogP contribution in [0.4, 0.5) is 46.5 Å². The molecule has 0 aliphatic carbocycles. The quantitative estimate of drug-likeness (QED) is 0.0225. The summed E-state index contributed by atoms with van der Waals surface area (Å²) in [7, 11) is -41.9. The van der Waals surface area contributed by atoms with E-state index in [2.05, 4.69) is 31.9 Å². The topological polar surface area (TPSA) is 751 Å². The van der Waals surface area contributed by atoms with Crippen molar-refractivity contribution in [1.29, 1.82) is 10.5 Å². The van der Waals surface area contributed by atoms with Gasteiger partial charge in [0.15, 0.2) is 0 Å². The third kappa shape index (κ3) is 44.4. The maximum absolute atomic E-state index is 13.2. The highest BCUT2D eigenvalue weighted by Gasteiger charge is 2.43.